The molecular formula is C15H17N3O4S2. The fourth-order valence-corrected chi connectivity index (χ4v) is 3.82. The molecule has 0 bridgehead atoms. The third-order valence-corrected chi connectivity index (χ3v) is 5.11. The number of thiazole rings is 1. The van der Waals surface area contributed by atoms with Crippen LogP contribution >= 0.6 is 23.1 Å². The second-order valence-electron chi connectivity index (χ2n) is 4.80. The number of aromatic nitrogens is 1. The van der Waals surface area contributed by atoms with E-state index in [4.69, 9.17) is 10.5 Å². The monoisotopic (exact) mass is 367 g/mol. The number of hydrogen-bond donors (Lipinski definition) is 2. The van der Waals surface area contributed by atoms with E-state index in [2.05, 4.69) is 10.3 Å². The van der Waals surface area contributed by atoms with Crippen LogP contribution in [0.4, 0.5) is 0 Å². The highest BCUT2D eigenvalue weighted by atomic mass is 32.2. The minimum atomic E-state index is -0.651. The van der Waals surface area contributed by atoms with Crippen molar-refractivity contribution >= 4 is 51.1 Å². The molecule has 0 atom stereocenters. The topological polar surface area (TPSA) is 111 Å². The summed E-state index contributed by atoms with van der Waals surface area (Å²) in [6, 6.07) is 7.92. The van der Waals surface area contributed by atoms with Crippen molar-refractivity contribution in [3.8, 4) is 0 Å². The van der Waals surface area contributed by atoms with Gasteiger partial charge in [0, 0.05) is 12.2 Å². The molecule has 128 valence electrons. The van der Waals surface area contributed by atoms with Gasteiger partial charge in [-0.05, 0) is 18.6 Å². The normalized spacial score (nSPS) is 10.5. The lowest BCUT2D eigenvalue weighted by atomic mass is 10.3. The summed E-state index contributed by atoms with van der Waals surface area (Å²) < 4.78 is 6.92. The standard InChI is InChI=1S/C15H17N3O4S2/c16-12(19)8-17-13(20)9-22-14(21)6-3-7-23-15-18-10-4-1-2-5-11(10)24-15/h1-2,4-5H,3,6-9H2,(H2,16,19)(H,17,20). The number of nitrogens with zero attached hydrogens (tertiary/aromatic N) is 1. The third kappa shape index (κ3) is 6.17. The molecule has 2 aromatic rings. The lowest BCUT2D eigenvalue weighted by Gasteiger charge is -2.04. The van der Waals surface area contributed by atoms with Gasteiger partial charge in [0.2, 0.25) is 5.91 Å². The fraction of sp³-hybridized carbons (Fsp3) is 0.333. The van der Waals surface area contributed by atoms with Crippen molar-refractivity contribution in [1.82, 2.24) is 10.3 Å². The summed E-state index contributed by atoms with van der Waals surface area (Å²) in [7, 11) is 0. The van der Waals surface area contributed by atoms with E-state index in [0.29, 0.717) is 6.42 Å². The first-order chi connectivity index (χ1) is 11.5. The lowest BCUT2D eigenvalue weighted by Crippen LogP contribution is -2.35. The Morgan fingerprint density at radius 2 is 2.08 bits per heavy atom. The average molecular weight is 367 g/mol. The van der Waals surface area contributed by atoms with Gasteiger partial charge in [0.25, 0.3) is 5.91 Å². The summed E-state index contributed by atoms with van der Waals surface area (Å²) in [6.45, 7) is -0.674. The van der Waals surface area contributed by atoms with Crippen LogP contribution in [-0.2, 0) is 19.1 Å². The molecule has 1 aromatic heterocycles. The third-order valence-electron chi connectivity index (χ3n) is 2.85. The molecule has 24 heavy (non-hydrogen) atoms. The molecule has 0 spiro atoms. The van der Waals surface area contributed by atoms with Crippen molar-refractivity contribution in [2.45, 2.75) is 17.2 Å². The maximum absolute atomic E-state index is 11.5. The zero-order valence-electron chi connectivity index (χ0n) is 12.8. The number of thioether (sulfide) groups is 1. The van der Waals surface area contributed by atoms with Gasteiger partial charge in [0.15, 0.2) is 10.9 Å². The van der Waals surface area contributed by atoms with Crippen LogP contribution in [0.1, 0.15) is 12.8 Å². The number of carbonyl (C=O) groups excluding carboxylic acids is 3. The molecule has 0 unspecified atom stereocenters. The van der Waals surface area contributed by atoms with E-state index in [0.717, 1.165) is 20.3 Å². The van der Waals surface area contributed by atoms with E-state index in [1.54, 1.807) is 23.1 Å². The number of hydrogen-bond acceptors (Lipinski definition) is 7. The number of amides is 2. The number of esters is 1. The van der Waals surface area contributed by atoms with Crippen molar-refractivity contribution in [1.29, 1.82) is 0 Å². The molecule has 1 aromatic carbocycles. The number of rotatable bonds is 9. The van der Waals surface area contributed by atoms with Gasteiger partial charge >= 0.3 is 5.97 Å². The molecule has 7 nitrogen and oxygen atoms in total. The quantitative estimate of drug-likeness (QED) is 0.393. The van der Waals surface area contributed by atoms with Gasteiger partial charge in [-0.25, -0.2) is 4.98 Å². The molecule has 0 saturated carbocycles. The van der Waals surface area contributed by atoms with E-state index in [1.165, 1.54) is 0 Å². The molecule has 0 aliphatic carbocycles. The Bertz CT molecular complexity index is 699. The predicted octanol–water partition coefficient (Wildman–Crippen LogP) is 1.31. The summed E-state index contributed by atoms with van der Waals surface area (Å²) >= 11 is 3.22. The van der Waals surface area contributed by atoms with Gasteiger partial charge in [0.05, 0.1) is 16.8 Å². The maximum Gasteiger partial charge on any atom is 0.306 e. The Kier molecular flexibility index (Phi) is 7.01. The minimum Gasteiger partial charge on any atom is -0.456 e. The van der Waals surface area contributed by atoms with Crippen LogP contribution in [0.3, 0.4) is 0 Å². The van der Waals surface area contributed by atoms with E-state index in [1.807, 2.05) is 24.3 Å². The smallest absolute Gasteiger partial charge is 0.306 e. The van der Waals surface area contributed by atoms with Crippen molar-refractivity contribution < 1.29 is 19.1 Å². The maximum atomic E-state index is 11.5. The van der Waals surface area contributed by atoms with Crippen molar-refractivity contribution in [3.63, 3.8) is 0 Å². The number of carbonyl (C=O) groups is 3. The van der Waals surface area contributed by atoms with E-state index < -0.39 is 24.4 Å². The summed E-state index contributed by atoms with van der Waals surface area (Å²) in [6.07, 6.45) is 0.851. The highest BCUT2D eigenvalue weighted by Gasteiger charge is 2.09. The molecule has 9 heteroatoms. The Balaban J connectivity index is 1.60. The van der Waals surface area contributed by atoms with Gasteiger partial charge in [-0.1, -0.05) is 23.9 Å². The highest BCUT2D eigenvalue weighted by Crippen LogP contribution is 2.29. The molecule has 3 N–H and O–H groups in total. The Morgan fingerprint density at radius 3 is 2.83 bits per heavy atom. The number of para-hydroxylation sites is 1. The Morgan fingerprint density at radius 1 is 1.29 bits per heavy atom. The number of benzene rings is 1. The first-order valence-corrected chi connectivity index (χ1v) is 9.04. The van der Waals surface area contributed by atoms with Crippen LogP contribution in [0, 0.1) is 0 Å². The van der Waals surface area contributed by atoms with Crippen LogP contribution in [-0.4, -0.2) is 41.7 Å². The van der Waals surface area contributed by atoms with Gasteiger partial charge < -0.3 is 15.8 Å². The number of ether oxygens (including phenoxy) is 1. The van der Waals surface area contributed by atoms with Crippen molar-refractivity contribution in [3.05, 3.63) is 24.3 Å². The average Bonchev–Trinajstić information content (AvgIpc) is 2.97. The van der Waals surface area contributed by atoms with Gasteiger partial charge in [0.1, 0.15) is 0 Å². The van der Waals surface area contributed by atoms with E-state index in [9.17, 15) is 14.4 Å². The zero-order valence-corrected chi connectivity index (χ0v) is 14.5. The molecule has 0 radical (unpaired) electrons. The SMILES string of the molecule is NC(=O)CNC(=O)COC(=O)CCCSc1nc2ccccc2s1. The molecule has 0 aliphatic rings. The second-order valence-corrected chi connectivity index (χ2v) is 7.18. The van der Waals surface area contributed by atoms with Crippen LogP contribution in [0.2, 0.25) is 0 Å². The Hall–Kier alpha value is -2.13. The van der Waals surface area contributed by atoms with E-state index >= 15 is 0 Å². The lowest BCUT2D eigenvalue weighted by molar-refractivity contribution is -0.148. The molecule has 2 rings (SSSR count). The van der Waals surface area contributed by atoms with Crippen LogP contribution < -0.4 is 11.1 Å². The van der Waals surface area contributed by atoms with Crippen LogP contribution in [0.25, 0.3) is 10.2 Å². The number of nitrogens with two attached hydrogens (primary N) is 1. The summed E-state index contributed by atoms with van der Waals surface area (Å²) in [5.74, 6) is -0.912. The minimum absolute atomic E-state index is 0.223. The number of fused-ring (bicyclic) bond motifs is 1. The summed E-state index contributed by atoms with van der Waals surface area (Å²) in [5.41, 5.74) is 5.86. The van der Waals surface area contributed by atoms with Gasteiger partial charge in [-0.2, -0.15) is 0 Å². The highest BCUT2D eigenvalue weighted by molar-refractivity contribution is 8.01. The van der Waals surface area contributed by atoms with E-state index in [-0.39, 0.29) is 13.0 Å². The molecular weight excluding hydrogens is 350 g/mol. The molecule has 2 amide bonds. The molecule has 1 heterocycles. The largest absolute Gasteiger partial charge is 0.456 e. The molecule has 0 aliphatic heterocycles. The van der Waals surface area contributed by atoms with Gasteiger partial charge in [-0.3, -0.25) is 14.4 Å². The fourth-order valence-electron chi connectivity index (χ4n) is 1.74. The molecule has 0 fully saturated rings. The van der Waals surface area contributed by atoms with Crippen molar-refractivity contribution in [2.24, 2.45) is 5.73 Å². The number of nitrogens with one attached hydrogen (secondary N) is 1. The summed E-state index contributed by atoms with van der Waals surface area (Å²) in [4.78, 5) is 37.7. The summed E-state index contributed by atoms with van der Waals surface area (Å²) in [5, 5.41) is 2.24. The first-order valence-electron chi connectivity index (χ1n) is 7.23. The van der Waals surface area contributed by atoms with Gasteiger partial charge in [-0.15, -0.1) is 11.3 Å². The first kappa shape index (κ1) is 18.2. The zero-order chi connectivity index (χ0) is 17.4. The molecule has 0 saturated heterocycles. The second kappa shape index (κ2) is 9.24. The van der Waals surface area contributed by atoms with Crippen LogP contribution in [0.5, 0.6) is 0 Å². The number of primary amides is 1. The Labute approximate surface area is 147 Å². The van der Waals surface area contributed by atoms with Crippen molar-refractivity contribution in [2.75, 3.05) is 18.9 Å². The predicted molar refractivity (Wildman–Crippen MR) is 92.7 cm³/mol. The van der Waals surface area contributed by atoms with Crippen LogP contribution in [0.15, 0.2) is 28.6 Å².